The Labute approximate surface area is 180 Å². The summed E-state index contributed by atoms with van der Waals surface area (Å²) in [6.45, 7) is 6.13. The maximum Gasteiger partial charge on any atom is 0.353 e. The summed E-state index contributed by atoms with van der Waals surface area (Å²) in [6, 6.07) is -0.579. The molecule has 3 fully saturated rings. The lowest BCUT2D eigenvalue weighted by Crippen LogP contribution is -2.63. The van der Waals surface area contributed by atoms with Gasteiger partial charge in [-0.25, -0.2) is 4.79 Å². The van der Waals surface area contributed by atoms with Crippen LogP contribution in [0.2, 0.25) is 0 Å². The third-order valence-corrected chi connectivity index (χ3v) is 8.44. The number of nitrogens with one attached hydrogen (secondary N) is 1. The van der Waals surface area contributed by atoms with Gasteiger partial charge in [0.2, 0.25) is 11.8 Å². The summed E-state index contributed by atoms with van der Waals surface area (Å²) in [5, 5.41) is 23.1. The van der Waals surface area contributed by atoms with Gasteiger partial charge in [0.15, 0.2) is 0 Å². The number of hydrogen-bond donors (Lipinski definition) is 4. The molecule has 0 spiro atoms. The van der Waals surface area contributed by atoms with E-state index in [1.54, 1.807) is 6.92 Å². The number of likely N-dealkylation sites (tertiary alicyclic amines) is 1. The van der Waals surface area contributed by atoms with Crippen molar-refractivity contribution in [3.63, 3.8) is 0 Å². The topological polar surface area (TPSA) is 136 Å². The fourth-order valence-electron chi connectivity index (χ4n) is 5.29. The highest BCUT2D eigenvalue weighted by atomic mass is 32.2. The molecule has 3 saturated heterocycles. The summed E-state index contributed by atoms with van der Waals surface area (Å²) in [4.78, 5) is 41.1. The highest BCUT2D eigenvalue weighted by molar-refractivity contribution is 8.03. The number of nitrogens with zero attached hydrogens (tertiary/aromatic N) is 2. The van der Waals surface area contributed by atoms with Crippen molar-refractivity contribution in [3.8, 4) is 0 Å². The van der Waals surface area contributed by atoms with Gasteiger partial charge in [-0.2, -0.15) is 0 Å². The second kappa shape index (κ2) is 8.14. The van der Waals surface area contributed by atoms with E-state index in [2.05, 4.69) is 5.32 Å². The summed E-state index contributed by atoms with van der Waals surface area (Å²) in [5.41, 5.74) is 5.77. The number of aliphatic hydroxyl groups is 1. The SMILES string of the molecule is C[C@@H](O)[C@H]1C(=O)N2C(C(=O)O)=C(S[C@@H]3CN[C@H](C(=O)N4CC[C@H](CN)C4)C3)[C@H](C)[C@H]12. The van der Waals surface area contributed by atoms with Crippen LogP contribution < -0.4 is 11.1 Å². The molecule has 0 aromatic carbocycles. The zero-order valence-electron chi connectivity index (χ0n) is 17.3. The average Bonchev–Trinajstić information content (AvgIpc) is 3.40. The van der Waals surface area contributed by atoms with E-state index in [-0.39, 0.29) is 40.8 Å². The average molecular weight is 439 g/mol. The second-order valence-corrected chi connectivity index (χ2v) is 10.2. The van der Waals surface area contributed by atoms with Crippen LogP contribution in [0.3, 0.4) is 0 Å². The van der Waals surface area contributed by atoms with Crippen LogP contribution in [-0.4, -0.2) is 87.4 Å². The Bertz CT molecular complexity index is 787. The predicted molar refractivity (Wildman–Crippen MR) is 111 cm³/mol. The van der Waals surface area contributed by atoms with Gasteiger partial charge in [0, 0.05) is 35.7 Å². The Morgan fingerprint density at radius 3 is 2.73 bits per heavy atom. The molecular formula is C20H30N4O5S. The molecule has 2 amide bonds. The lowest BCUT2D eigenvalue weighted by molar-refractivity contribution is -0.163. The lowest BCUT2D eigenvalue weighted by atomic mass is 9.79. The van der Waals surface area contributed by atoms with Gasteiger partial charge in [-0.1, -0.05) is 6.92 Å². The molecule has 4 rings (SSSR count). The number of aliphatic hydroxyl groups excluding tert-OH is 1. The number of carboxylic acids is 1. The first kappa shape index (κ1) is 21.6. The Morgan fingerprint density at radius 2 is 2.13 bits per heavy atom. The summed E-state index contributed by atoms with van der Waals surface area (Å²) in [6.07, 6.45) is 0.748. The van der Waals surface area contributed by atoms with E-state index in [4.69, 9.17) is 5.73 Å². The van der Waals surface area contributed by atoms with Crippen molar-refractivity contribution >= 4 is 29.5 Å². The van der Waals surface area contributed by atoms with Crippen molar-refractivity contribution in [2.24, 2.45) is 23.5 Å². The van der Waals surface area contributed by atoms with Gasteiger partial charge >= 0.3 is 5.97 Å². The molecule has 0 aromatic heterocycles. The van der Waals surface area contributed by atoms with E-state index in [0.29, 0.717) is 36.9 Å². The van der Waals surface area contributed by atoms with Crippen LogP contribution in [0, 0.1) is 17.8 Å². The number of aliphatic carboxylic acids is 1. The van der Waals surface area contributed by atoms with Crippen LogP contribution in [-0.2, 0) is 14.4 Å². The van der Waals surface area contributed by atoms with Gasteiger partial charge in [0.1, 0.15) is 5.70 Å². The molecule has 0 aromatic rings. The van der Waals surface area contributed by atoms with E-state index in [1.807, 2.05) is 11.8 Å². The highest BCUT2D eigenvalue weighted by Gasteiger charge is 2.60. The standard InChI is InChI=1S/C20H30N4O5S/c1-9-15-14(10(2)25)19(27)24(15)16(20(28)29)17(9)30-12-5-13(22-7-12)18(26)23-4-3-11(6-21)8-23/h9-15,22,25H,3-8,21H2,1-2H3,(H,28,29)/t9-,10-,11-,12+,13+,14-,15-/m1/s1. The van der Waals surface area contributed by atoms with Gasteiger partial charge in [-0.05, 0) is 32.2 Å². The van der Waals surface area contributed by atoms with Crippen molar-refractivity contribution in [1.82, 2.24) is 15.1 Å². The number of β-lactam (4-membered cyclic amide) rings is 1. The van der Waals surface area contributed by atoms with Crippen molar-refractivity contribution < 1.29 is 24.6 Å². The zero-order valence-corrected chi connectivity index (χ0v) is 18.1. The molecule has 0 saturated carbocycles. The quantitative estimate of drug-likeness (QED) is 0.404. The van der Waals surface area contributed by atoms with Crippen molar-refractivity contribution in [2.45, 2.75) is 50.1 Å². The summed E-state index contributed by atoms with van der Waals surface area (Å²) in [5.74, 6) is -1.70. The minimum Gasteiger partial charge on any atom is -0.477 e. The zero-order chi connectivity index (χ0) is 21.7. The van der Waals surface area contributed by atoms with E-state index < -0.39 is 18.0 Å². The summed E-state index contributed by atoms with van der Waals surface area (Å²) >= 11 is 1.46. The number of carboxylic acid groups (broad SMARTS) is 1. The lowest BCUT2D eigenvalue weighted by Gasteiger charge is -2.46. The molecule has 5 N–H and O–H groups in total. The van der Waals surface area contributed by atoms with Gasteiger partial charge in [-0.15, -0.1) is 11.8 Å². The predicted octanol–water partition coefficient (Wildman–Crippen LogP) is -0.589. The first-order chi connectivity index (χ1) is 14.2. The van der Waals surface area contributed by atoms with Crippen molar-refractivity contribution in [3.05, 3.63) is 10.6 Å². The molecule has 0 aliphatic carbocycles. The number of rotatable bonds is 6. The Hall–Kier alpha value is -1.62. The first-order valence-electron chi connectivity index (χ1n) is 10.6. The maximum absolute atomic E-state index is 12.8. The van der Waals surface area contributed by atoms with Crippen LogP contribution in [0.5, 0.6) is 0 Å². The molecule has 0 unspecified atom stereocenters. The highest BCUT2D eigenvalue weighted by Crippen LogP contribution is 2.51. The molecule has 0 bridgehead atoms. The molecule has 4 aliphatic heterocycles. The van der Waals surface area contributed by atoms with Crippen LogP contribution in [0.25, 0.3) is 0 Å². The molecule has 10 heteroatoms. The minimum absolute atomic E-state index is 0.0412. The summed E-state index contributed by atoms with van der Waals surface area (Å²) in [7, 11) is 0. The van der Waals surface area contributed by atoms with Gasteiger partial charge < -0.3 is 31.1 Å². The van der Waals surface area contributed by atoms with Gasteiger partial charge in [0.25, 0.3) is 0 Å². The molecule has 4 heterocycles. The number of nitrogens with two attached hydrogens (primary N) is 1. The molecule has 0 radical (unpaired) electrons. The van der Waals surface area contributed by atoms with Crippen LogP contribution in [0.4, 0.5) is 0 Å². The normalized spacial score (nSPS) is 36.9. The van der Waals surface area contributed by atoms with Gasteiger partial charge in [0.05, 0.1) is 24.1 Å². The molecule has 4 aliphatic rings. The Kier molecular flexibility index (Phi) is 5.86. The molecule has 30 heavy (non-hydrogen) atoms. The molecule has 9 nitrogen and oxygen atoms in total. The van der Waals surface area contributed by atoms with E-state index in [9.17, 15) is 24.6 Å². The Morgan fingerprint density at radius 1 is 1.40 bits per heavy atom. The maximum atomic E-state index is 12.8. The third-order valence-electron chi connectivity index (χ3n) is 6.92. The number of hydrogen-bond acceptors (Lipinski definition) is 7. The largest absolute Gasteiger partial charge is 0.477 e. The van der Waals surface area contributed by atoms with Crippen LogP contribution >= 0.6 is 11.8 Å². The fourth-order valence-corrected chi connectivity index (χ4v) is 6.76. The fraction of sp³-hybridized carbons (Fsp3) is 0.750. The Balaban J connectivity index is 1.44. The van der Waals surface area contributed by atoms with Gasteiger partial charge in [-0.3, -0.25) is 9.59 Å². The molecular weight excluding hydrogens is 408 g/mol. The number of carbonyl (C=O) groups excluding carboxylic acids is 2. The molecule has 166 valence electrons. The molecule has 7 atom stereocenters. The monoisotopic (exact) mass is 438 g/mol. The number of amides is 2. The summed E-state index contributed by atoms with van der Waals surface area (Å²) < 4.78 is 0. The van der Waals surface area contributed by atoms with E-state index in [0.717, 1.165) is 13.0 Å². The van der Waals surface area contributed by atoms with Crippen LogP contribution in [0.15, 0.2) is 10.6 Å². The first-order valence-corrected chi connectivity index (χ1v) is 11.5. The van der Waals surface area contributed by atoms with E-state index >= 15 is 0 Å². The van der Waals surface area contributed by atoms with Crippen molar-refractivity contribution in [1.29, 1.82) is 0 Å². The van der Waals surface area contributed by atoms with Crippen molar-refractivity contribution in [2.75, 3.05) is 26.2 Å². The van der Waals surface area contributed by atoms with Crippen LogP contribution in [0.1, 0.15) is 26.7 Å². The van der Waals surface area contributed by atoms with E-state index in [1.165, 1.54) is 16.7 Å². The smallest absolute Gasteiger partial charge is 0.353 e. The minimum atomic E-state index is -1.12. The number of thioether (sulfide) groups is 1. The third kappa shape index (κ3) is 3.43. The second-order valence-electron chi connectivity index (χ2n) is 8.88. The number of carbonyl (C=O) groups is 3. The number of fused-ring (bicyclic) bond motifs is 1.